The number of unbranched alkanes of at least 4 members (excludes halogenated alkanes) is 8. The van der Waals surface area contributed by atoms with Gasteiger partial charge in [-0.15, -0.1) is 0 Å². The summed E-state index contributed by atoms with van der Waals surface area (Å²) in [7, 11) is -4.59. The van der Waals surface area contributed by atoms with Crippen LogP contribution in [0.1, 0.15) is 71.1 Å². The molecule has 0 rings (SSSR count). The summed E-state index contributed by atoms with van der Waals surface area (Å²) >= 11 is 0. The second kappa shape index (κ2) is 13.1. The molecule has 1 N–H and O–H groups in total. The number of hydrogen-bond donors (Lipinski definition) is 1. The zero-order chi connectivity index (χ0) is 17.6. The second-order valence-electron chi connectivity index (χ2n) is 5.42. The van der Waals surface area contributed by atoms with Crippen molar-refractivity contribution >= 4 is 16.1 Å². The van der Waals surface area contributed by atoms with Crippen molar-refractivity contribution in [1.82, 2.24) is 0 Å². The van der Waals surface area contributed by atoms with Gasteiger partial charge >= 0.3 is 16.1 Å². The van der Waals surface area contributed by atoms with Crippen molar-refractivity contribution < 1.29 is 27.2 Å². The summed E-state index contributed by atoms with van der Waals surface area (Å²) in [5.41, 5.74) is -1.86. The zero-order valence-electron chi connectivity index (χ0n) is 13.7. The van der Waals surface area contributed by atoms with E-state index in [4.69, 9.17) is 14.6 Å². The van der Waals surface area contributed by atoms with Crippen LogP contribution in [0.25, 0.3) is 0 Å². The molecule has 1 unspecified atom stereocenters. The molecule has 8 heteroatoms. The van der Waals surface area contributed by atoms with E-state index in [0.717, 1.165) is 25.5 Å². The van der Waals surface area contributed by atoms with Crippen LogP contribution in [0.2, 0.25) is 0 Å². The van der Waals surface area contributed by atoms with Crippen molar-refractivity contribution in [3.8, 4) is 6.26 Å². The van der Waals surface area contributed by atoms with Gasteiger partial charge in [-0.05, 0) is 6.42 Å². The third kappa shape index (κ3) is 12.9. The van der Waals surface area contributed by atoms with Crippen molar-refractivity contribution in [2.75, 3.05) is 6.61 Å². The number of hydrogen-bond acceptors (Lipinski definition) is 6. The van der Waals surface area contributed by atoms with Gasteiger partial charge < -0.3 is 9.47 Å². The van der Waals surface area contributed by atoms with Gasteiger partial charge in [0.15, 0.2) is 0 Å². The molecule has 7 nitrogen and oxygen atoms in total. The molecular formula is C15H27NO6S. The van der Waals surface area contributed by atoms with E-state index in [-0.39, 0.29) is 6.42 Å². The Morgan fingerprint density at radius 2 is 1.61 bits per heavy atom. The quantitative estimate of drug-likeness (QED) is 0.222. The molecule has 0 aliphatic heterocycles. The van der Waals surface area contributed by atoms with E-state index in [1.807, 2.05) is 0 Å². The number of nitriles is 1. The highest BCUT2D eigenvalue weighted by atomic mass is 32.2. The highest BCUT2D eigenvalue weighted by Crippen LogP contribution is 2.11. The van der Waals surface area contributed by atoms with Crippen LogP contribution in [-0.4, -0.2) is 31.0 Å². The lowest BCUT2D eigenvalue weighted by Gasteiger charge is -2.11. The monoisotopic (exact) mass is 349 g/mol. The molecule has 23 heavy (non-hydrogen) atoms. The Morgan fingerprint density at radius 1 is 1.09 bits per heavy atom. The maximum absolute atomic E-state index is 11.4. The van der Waals surface area contributed by atoms with Gasteiger partial charge in [-0.3, -0.25) is 9.35 Å². The molecule has 0 aromatic carbocycles. The Bertz CT molecular complexity index is 457. The van der Waals surface area contributed by atoms with Crippen LogP contribution in [-0.2, 0) is 24.4 Å². The molecular weight excluding hydrogens is 322 g/mol. The van der Waals surface area contributed by atoms with Crippen LogP contribution in [0, 0.1) is 11.5 Å². The summed E-state index contributed by atoms with van der Waals surface area (Å²) in [5, 5.41) is 8.27. The molecule has 0 bridgehead atoms. The number of esters is 1. The molecule has 0 saturated carbocycles. The minimum absolute atomic E-state index is 0.181. The molecule has 0 fully saturated rings. The topological polar surface area (TPSA) is 114 Å². The molecule has 0 radical (unpaired) electrons. The summed E-state index contributed by atoms with van der Waals surface area (Å²) in [4.78, 5) is 11.4. The molecule has 1 atom stereocenters. The third-order valence-electron chi connectivity index (χ3n) is 3.38. The van der Waals surface area contributed by atoms with E-state index in [2.05, 4.69) is 11.7 Å². The minimum Gasteiger partial charge on any atom is -0.460 e. The lowest BCUT2D eigenvalue weighted by molar-refractivity contribution is -0.145. The van der Waals surface area contributed by atoms with Gasteiger partial charge in [0.1, 0.15) is 6.61 Å². The van der Waals surface area contributed by atoms with Crippen molar-refractivity contribution in [1.29, 1.82) is 5.26 Å². The van der Waals surface area contributed by atoms with Crippen LogP contribution in [0.4, 0.5) is 0 Å². The van der Waals surface area contributed by atoms with Gasteiger partial charge in [-0.25, -0.2) is 0 Å². The van der Waals surface area contributed by atoms with Crippen LogP contribution < -0.4 is 0 Å². The van der Waals surface area contributed by atoms with Crippen LogP contribution in [0.3, 0.4) is 0 Å². The fourth-order valence-corrected chi connectivity index (χ4v) is 2.46. The second-order valence-corrected chi connectivity index (χ2v) is 6.97. The predicted octanol–water partition coefficient (Wildman–Crippen LogP) is 3.16. The molecule has 0 amide bonds. The first-order chi connectivity index (χ1) is 10.9. The van der Waals surface area contributed by atoms with Gasteiger partial charge in [0.05, 0.1) is 0 Å². The van der Waals surface area contributed by atoms with E-state index in [1.54, 1.807) is 0 Å². The molecule has 0 aromatic rings. The maximum Gasteiger partial charge on any atom is 0.308 e. The molecule has 0 aliphatic carbocycles. The fourth-order valence-electron chi connectivity index (χ4n) is 2.05. The average Bonchev–Trinajstić information content (AvgIpc) is 2.48. The summed E-state index contributed by atoms with van der Waals surface area (Å²) in [5.74, 6) is -0.567. The van der Waals surface area contributed by atoms with Gasteiger partial charge in [-0.2, -0.15) is 13.7 Å². The maximum atomic E-state index is 11.4. The largest absolute Gasteiger partial charge is 0.460 e. The first-order valence-electron chi connectivity index (χ1n) is 8.08. The molecule has 0 aromatic heterocycles. The molecule has 134 valence electrons. The molecule has 0 heterocycles. The van der Waals surface area contributed by atoms with Crippen LogP contribution in [0.15, 0.2) is 0 Å². The van der Waals surface area contributed by atoms with Crippen molar-refractivity contribution in [2.24, 2.45) is 0 Å². The molecule has 0 saturated heterocycles. The third-order valence-corrected chi connectivity index (χ3v) is 4.28. The standard InChI is InChI=1S/C15H27NO6S/c1-2-3-4-5-6-7-8-9-10-11-14(17)21-12-15(22-13-16)23(18,19)20/h15H,2-12H2,1H3,(H,18,19,20). The number of rotatable bonds is 14. The SMILES string of the molecule is CCCCCCCCCCCC(=O)OCC(OC#N)S(=O)(=O)O. The minimum atomic E-state index is -4.59. The number of carbonyl (C=O) groups excluding carboxylic acids is 1. The number of carbonyl (C=O) groups is 1. The zero-order valence-corrected chi connectivity index (χ0v) is 14.5. The van der Waals surface area contributed by atoms with Gasteiger partial charge in [0.2, 0.25) is 0 Å². The van der Waals surface area contributed by atoms with E-state index in [9.17, 15) is 13.2 Å². The summed E-state index contributed by atoms with van der Waals surface area (Å²) < 4.78 is 39.3. The molecule has 0 spiro atoms. The first kappa shape index (κ1) is 21.7. The lowest BCUT2D eigenvalue weighted by Crippen LogP contribution is -2.29. The highest BCUT2D eigenvalue weighted by molar-refractivity contribution is 7.86. The Morgan fingerprint density at radius 3 is 2.09 bits per heavy atom. The lowest BCUT2D eigenvalue weighted by atomic mass is 10.1. The van der Waals surface area contributed by atoms with E-state index in [0.29, 0.717) is 6.42 Å². The van der Waals surface area contributed by atoms with E-state index in [1.165, 1.54) is 32.1 Å². The Kier molecular flexibility index (Phi) is 12.4. The Balaban J connectivity index is 3.66. The Hall–Kier alpha value is -1.33. The van der Waals surface area contributed by atoms with Crippen LogP contribution in [0.5, 0.6) is 0 Å². The highest BCUT2D eigenvalue weighted by Gasteiger charge is 2.26. The average molecular weight is 349 g/mol. The van der Waals surface area contributed by atoms with Gasteiger partial charge in [-0.1, -0.05) is 58.3 Å². The van der Waals surface area contributed by atoms with E-state index >= 15 is 0 Å². The Labute approximate surface area is 138 Å². The van der Waals surface area contributed by atoms with Crippen LogP contribution >= 0.6 is 0 Å². The summed E-state index contributed by atoms with van der Waals surface area (Å²) in [6, 6.07) is 0. The number of ether oxygens (including phenoxy) is 2. The van der Waals surface area contributed by atoms with Gasteiger partial charge in [0, 0.05) is 6.42 Å². The first-order valence-corrected chi connectivity index (χ1v) is 9.58. The smallest absolute Gasteiger partial charge is 0.308 e. The van der Waals surface area contributed by atoms with Crippen molar-refractivity contribution in [3.05, 3.63) is 0 Å². The van der Waals surface area contributed by atoms with E-state index < -0.39 is 28.1 Å². The fraction of sp³-hybridized carbons (Fsp3) is 0.867. The van der Waals surface area contributed by atoms with Crippen molar-refractivity contribution in [2.45, 2.75) is 76.6 Å². The predicted molar refractivity (Wildman–Crippen MR) is 84.8 cm³/mol. The number of nitrogens with zero attached hydrogens (tertiary/aromatic N) is 1. The molecule has 0 aliphatic rings. The summed E-state index contributed by atoms with van der Waals surface area (Å²) in [6.07, 6.45) is 11.4. The van der Waals surface area contributed by atoms with Gasteiger partial charge in [0.25, 0.3) is 11.7 Å². The normalized spacial score (nSPS) is 12.4. The summed E-state index contributed by atoms with van der Waals surface area (Å²) in [6.45, 7) is 1.49. The van der Waals surface area contributed by atoms with Crippen molar-refractivity contribution in [3.63, 3.8) is 0 Å².